The molecule has 0 bridgehead atoms. The lowest BCUT2D eigenvalue weighted by atomic mass is 10.1. The van der Waals surface area contributed by atoms with Gasteiger partial charge in [0.25, 0.3) is 0 Å². The minimum Gasteiger partial charge on any atom is -0.444 e. The van der Waals surface area contributed by atoms with Crippen molar-refractivity contribution in [3.05, 3.63) is 27.2 Å². The first-order valence-corrected chi connectivity index (χ1v) is 9.55. The first-order valence-electron chi connectivity index (χ1n) is 8.38. The van der Waals surface area contributed by atoms with Gasteiger partial charge in [0.2, 0.25) is 0 Å². The molecule has 3 amide bonds. The smallest absolute Gasteiger partial charge is 0.418 e. The van der Waals surface area contributed by atoms with Gasteiger partial charge in [-0.15, -0.1) is 0 Å². The van der Waals surface area contributed by atoms with Crippen LogP contribution in [0.15, 0.2) is 16.6 Å². The van der Waals surface area contributed by atoms with E-state index in [4.69, 9.17) is 16.3 Å². The summed E-state index contributed by atoms with van der Waals surface area (Å²) in [7, 11) is 0. The monoisotopic (exact) mass is 485 g/mol. The van der Waals surface area contributed by atoms with Crippen molar-refractivity contribution in [1.29, 1.82) is 0 Å². The van der Waals surface area contributed by atoms with E-state index in [-0.39, 0.29) is 35.7 Å². The lowest BCUT2D eigenvalue weighted by Gasteiger charge is -2.35. The SMILES string of the molecule is CC(C)(C)OC(=O)N1CCN(C(=O)Nc2c(Cl)cc(Br)cc2C(F)(F)F)CC1. The number of benzene rings is 1. The van der Waals surface area contributed by atoms with Crippen LogP contribution in [0.1, 0.15) is 26.3 Å². The number of urea groups is 1. The van der Waals surface area contributed by atoms with Crippen molar-refractivity contribution >= 4 is 45.3 Å². The maximum atomic E-state index is 13.3. The molecule has 1 N–H and O–H groups in total. The molecule has 1 saturated heterocycles. The van der Waals surface area contributed by atoms with E-state index in [1.165, 1.54) is 15.9 Å². The highest BCUT2D eigenvalue weighted by Crippen LogP contribution is 2.40. The van der Waals surface area contributed by atoms with Gasteiger partial charge in [0, 0.05) is 30.7 Å². The minimum atomic E-state index is -4.69. The zero-order valence-corrected chi connectivity index (χ0v) is 17.8. The van der Waals surface area contributed by atoms with E-state index in [2.05, 4.69) is 21.2 Å². The summed E-state index contributed by atoms with van der Waals surface area (Å²) in [5.41, 5.74) is -2.19. The van der Waals surface area contributed by atoms with Crippen LogP contribution in [0.3, 0.4) is 0 Å². The van der Waals surface area contributed by atoms with E-state index in [0.29, 0.717) is 0 Å². The molecule has 0 saturated carbocycles. The molecule has 1 aromatic carbocycles. The van der Waals surface area contributed by atoms with E-state index >= 15 is 0 Å². The van der Waals surface area contributed by atoms with Crippen LogP contribution in [-0.4, -0.2) is 53.7 Å². The fourth-order valence-electron chi connectivity index (χ4n) is 2.53. The molecule has 0 aromatic heterocycles. The summed E-state index contributed by atoms with van der Waals surface area (Å²) in [5, 5.41) is 2.01. The Balaban J connectivity index is 2.05. The molecule has 0 aliphatic carbocycles. The third kappa shape index (κ3) is 5.91. The summed E-state index contributed by atoms with van der Waals surface area (Å²) < 4.78 is 45.2. The molecule has 0 radical (unpaired) electrons. The molecule has 1 aromatic rings. The number of halogens is 5. The molecule has 0 spiro atoms. The van der Waals surface area contributed by atoms with Crippen molar-refractivity contribution in [2.24, 2.45) is 0 Å². The predicted octanol–water partition coefficient (Wildman–Crippen LogP) is 5.21. The lowest BCUT2D eigenvalue weighted by Crippen LogP contribution is -2.52. The Morgan fingerprint density at radius 2 is 1.64 bits per heavy atom. The van der Waals surface area contributed by atoms with Crippen molar-refractivity contribution < 1.29 is 27.5 Å². The molecule has 1 fully saturated rings. The van der Waals surface area contributed by atoms with E-state index < -0.39 is 35.2 Å². The second kappa shape index (κ2) is 8.36. The summed E-state index contributed by atoms with van der Waals surface area (Å²) in [6.07, 6.45) is -5.19. The van der Waals surface area contributed by atoms with E-state index in [0.717, 1.165) is 6.07 Å². The number of nitrogens with zero attached hydrogens (tertiary/aromatic N) is 2. The highest BCUT2D eigenvalue weighted by Gasteiger charge is 2.36. The van der Waals surface area contributed by atoms with Crippen molar-refractivity contribution in [3.8, 4) is 0 Å². The van der Waals surface area contributed by atoms with Gasteiger partial charge in [-0.25, -0.2) is 9.59 Å². The Morgan fingerprint density at radius 3 is 2.14 bits per heavy atom. The van der Waals surface area contributed by atoms with Gasteiger partial charge < -0.3 is 19.9 Å². The summed E-state index contributed by atoms with van der Waals surface area (Å²) in [4.78, 5) is 27.2. The van der Waals surface area contributed by atoms with Crippen molar-refractivity contribution in [2.45, 2.75) is 32.5 Å². The highest BCUT2D eigenvalue weighted by molar-refractivity contribution is 9.10. The van der Waals surface area contributed by atoms with Gasteiger partial charge in [-0.2, -0.15) is 13.2 Å². The molecule has 0 atom stereocenters. The van der Waals surface area contributed by atoms with Crippen molar-refractivity contribution in [2.75, 3.05) is 31.5 Å². The quantitative estimate of drug-likeness (QED) is 0.593. The molecule has 1 heterocycles. The fourth-order valence-corrected chi connectivity index (χ4v) is 3.39. The van der Waals surface area contributed by atoms with Gasteiger partial charge in [0.15, 0.2) is 0 Å². The molecule has 1 aliphatic heterocycles. The summed E-state index contributed by atoms with van der Waals surface area (Å²) in [5.74, 6) is 0. The third-order valence-corrected chi connectivity index (χ3v) is 4.57. The average molecular weight is 487 g/mol. The first-order chi connectivity index (χ1) is 12.8. The molecule has 6 nitrogen and oxygen atoms in total. The Kier molecular flexibility index (Phi) is 6.75. The topological polar surface area (TPSA) is 61.9 Å². The number of hydrogen-bond acceptors (Lipinski definition) is 3. The molecule has 2 rings (SSSR count). The average Bonchev–Trinajstić information content (AvgIpc) is 2.54. The maximum Gasteiger partial charge on any atom is 0.418 e. The van der Waals surface area contributed by atoms with Crippen LogP contribution in [0, 0.1) is 0 Å². The molecule has 156 valence electrons. The summed E-state index contributed by atoms with van der Waals surface area (Å²) in [6.45, 7) is 5.96. The number of amides is 3. The normalized spacial score (nSPS) is 15.4. The standard InChI is InChI=1S/C17H20BrClF3N3O3/c1-16(2,3)28-15(27)25-6-4-24(5-7-25)14(26)23-13-11(17(20,21)22)8-10(18)9-12(13)19/h8-9H,4-7H2,1-3H3,(H,23,26). The molecule has 11 heteroatoms. The Labute approximate surface area is 174 Å². The van der Waals surface area contributed by atoms with Crippen LogP contribution in [0.5, 0.6) is 0 Å². The van der Waals surface area contributed by atoms with Crippen LogP contribution in [0.4, 0.5) is 28.4 Å². The summed E-state index contributed by atoms with van der Waals surface area (Å²) >= 11 is 8.88. The first kappa shape index (κ1) is 22.6. The highest BCUT2D eigenvalue weighted by atomic mass is 79.9. The van der Waals surface area contributed by atoms with E-state index in [1.807, 2.05) is 0 Å². The van der Waals surface area contributed by atoms with Gasteiger partial charge in [0.1, 0.15) is 5.60 Å². The molecular formula is C17H20BrClF3N3O3. The molecule has 1 aliphatic rings. The zero-order valence-electron chi connectivity index (χ0n) is 15.5. The number of hydrogen-bond donors (Lipinski definition) is 1. The maximum absolute atomic E-state index is 13.3. The number of rotatable bonds is 1. The summed E-state index contributed by atoms with van der Waals surface area (Å²) in [6, 6.07) is 1.40. The van der Waals surface area contributed by atoms with Crippen molar-refractivity contribution in [1.82, 2.24) is 9.80 Å². The van der Waals surface area contributed by atoms with Gasteiger partial charge in [-0.1, -0.05) is 27.5 Å². The van der Waals surface area contributed by atoms with Gasteiger partial charge >= 0.3 is 18.3 Å². The second-order valence-corrected chi connectivity index (χ2v) is 8.52. The Morgan fingerprint density at radius 1 is 1.11 bits per heavy atom. The third-order valence-electron chi connectivity index (χ3n) is 3.81. The number of piperazine rings is 1. The predicted molar refractivity (Wildman–Crippen MR) is 103 cm³/mol. The fraction of sp³-hybridized carbons (Fsp3) is 0.529. The minimum absolute atomic E-state index is 0.147. The van der Waals surface area contributed by atoms with Crippen LogP contribution >= 0.6 is 27.5 Å². The van der Waals surface area contributed by atoms with Gasteiger partial charge in [0.05, 0.1) is 16.3 Å². The lowest BCUT2D eigenvalue weighted by molar-refractivity contribution is -0.137. The van der Waals surface area contributed by atoms with Crippen LogP contribution in [0.2, 0.25) is 5.02 Å². The molecular weight excluding hydrogens is 467 g/mol. The Hall–Kier alpha value is -1.68. The van der Waals surface area contributed by atoms with Crippen LogP contribution in [0.25, 0.3) is 0 Å². The zero-order chi connectivity index (χ0) is 21.3. The largest absolute Gasteiger partial charge is 0.444 e. The molecule has 28 heavy (non-hydrogen) atoms. The van der Waals surface area contributed by atoms with Gasteiger partial charge in [-0.3, -0.25) is 0 Å². The van der Waals surface area contributed by atoms with E-state index in [1.54, 1.807) is 20.8 Å². The molecule has 0 unspecified atom stereocenters. The van der Waals surface area contributed by atoms with Crippen LogP contribution in [-0.2, 0) is 10.9 Å². The Bertz CT molecular complexity index is 760. The van der Waals surface area contributed by atoms with Gasteiger partial charge in [-0.05, 0) is 32.9 Å². The number of nitrogens with one attached hydrogen (secondary N) is 1. The number of anilines is 1. The number of carbonyl (C=O) groups is 2. The second-order valence-electron chi connectivity index (χ2n) is 7.19. The van der Waals surface area contributed by atoms with Crippen molar-refractivity contribution in [3.63, 3.8) is 0 Å². The number of ether oxygens (including phenoxy) is 1. The van der Waals surface area contributed by atoms with E-state index in [9.17, 15) is 22.8 Å². The number of carbonyl (C=O) groups excluding carboxylic acids is 2. The van der Waals surface area contributed by atoms with Crippen LogP contribution < -0.4 is 5.32 Å². The number of alkyl halides is 3.